The standard InChI is InChI=1S/C15H21ClN2O2/c1-2-7-15(20)10-18(11-15)8-6-14(19)17-13-5-3-4-12(16)9-13/h3-5,9,20H,2,6-8,10-11H2,1H3,(H,17,19). The normalized spacial score (nSPS) is 17.6. The number of aliphatic hydroxyl groups is 1. The summed E-state index contributed by atoms with van der Waals surface area (Å²) in [6.45, 7) is 4.09. The summed E-state index contributed by atoms with van der Waals surface area (Å²) in [5.74, 6) is -0.0294. The molecule has 20 heavy (non-hydrogen) atoms. The van der Waals surface area contributed by atoms with Crippen molar-refractivity contribution in [2.45, 2.75) is 31.8 Å². The van der Waals surface area contributed by atoms with Gasteiger partial charge in [0.25, 0.3) is 0 Å². The number of benzene rings is 1. The highest BCUT2D eigenvalue weighted by Crippen LogP contribution is 2.25. The first-order valence-corrected chi connectivity index (χ1v) is 7.39. The predicted molar refractivity (Wildman–Crippen MR) is 81.0 cm³/mol. The molecule has 1 fully saturated rings. The number of likely N-dealkylation sites (tertiary alicyclic amines) is 1. The Morgan fingerprint density at radius 3 is 2.90 bits per heavy atom. The van der Waals surface area contributed by atoms with Crippen molar-refractivity contribution in [3.63, 3.8) is 0 Å². The van der Waals surface area contributed by atoms with E-state index >= 15 is 0 Å². The Kier molecular flexibility index (Phi) is 5.02. The van der Waals surface area contributed by atoms with Crippen LogP contribution in [0.1, 0.15) is 26.2 Å². The van der Waals surface area contributed by atoms with Crippen LogP contribution in [0.5, 0.6) is 0 Å². The predicted octanol–water partition coefficient (Wildman–Crippen LogP) is 2.52. The lowest BCUT2D eigenvalue weighted by molar-refractivity contribution is -0.121. The number of carbonyl (C=O) groups excluding carboxylic acids is 1. The van der Waals surface area contributed by atoms with E-state index in [1.54, 1.807) is 18.2 Å². The fourth-order valence-corrected chi connectivity index (χ4v) is 2.81. The van der Waals surface area contributed by atoms with Gasteiger partial charge in [-0.3, -0.25) is 9.69 Å². The minimum atomic E-state index is -0.530. The highest BCUT2D eigenvalue weighted by molar-refractivity contribution is 6.30. The van der Waals surface area contributed by atoms with E-state index in [0.29, 0.717) is 36.8 Å². The molecule has 1 heterocycles. The molecule has 0 aromatic heterocycles. The van der Waals surface area contributed by atoms with Crippen LogP contribution in [0.25, 0.3) is 0 Å². The molecule has 0 bridgehead atoms. The maximum atomic E-state index is 11.8. The molecule has 2 rings (SSSR count). The van der Waals surface area contributed by atoms with Crippen molar-refractivity contribution < 1.29 is 9.90 Å². The van der Waals surface area contributed by atoms with Crippen LogP contribution in [0, 0.1) is 0 Å². The van der Waals surface area contributed by atoms with Gasteiger partial charge in [-0.1, -0.05) is 31.0 Å². The maximum Gasteiger partial charge on any atom is 0.225 e. The summed E-state index contributed by atoms with van der Waals surface area (Å²) in [6.07, 6.45) is 2.24. The average molecular weight is 297 g/mol. The largest absolute Gasteiger partial charge is 0.387 e. The minimum Gasteiger partial charge on any atom is -0.387 e. The summed E-state index contributed by atoms with van der Waals surface area (Å²) < 4.78 is 0. The first kappa shape index (κ1) is 15.3. The molecular weight excluding hydrogens is 276 g/mol. The van der Waals surface area contributed by atoms with Gasteiger partial charge in [-0.25, -0.2) is 0 Å². The number of β-amino-alcohol motifs (C(OH)–C–C–N with tert-alkyl or cyclic N) is 1. The summed E-state index contributed by atoms with van der Waals surface area (Å²) in [5.41, 5.74) is 0.187. The number of carbonyl (C=O) groups is 1. The zero-order valence-electron chi connectivity index (χ0n) is 11.7. The third kappa shape index (κ3) is 4.20. The second-order valence-corrected chi connectivity index (χ2v) is 5.93. The SMILES string of the molecule is CCCC1(O)CN(CCC(=O)Nc2cccc(Cl)c2)C1. The van der Waals surface area contributed by atoms with Crippen LogP contribution < -0.4 is 5.32 Å². The molecular formula is C15H21ClN2O2. The molecule has 2 N–H and O–H groups in total. The van der Waals surface area contributed by atoms with Gasteiger partial charge in [-0.15, -0.1) is 0 Å². The molecule has 4 nitrogen and oxygen atoms in total. The average Bonchev–Trinajstić information content (AvgIpc) is 2.34. The number of rotatable bonds is 6. The second kappa shape index (κ2) is 6.57. The fraction of sp³-hybridized carbons (Fsp3) is 0.533. The van der Waals surface area contributed by atoms with Crippen LogP contribution in [0.2, 0.25) is 5.02 Å². The van der Waals surface area contributed by atoms with Crippen molar-refractivity contribution in [2.24, 2.45) is 0 Å². The molecule has 1 amide bonds. The minimum absolute atomic E-state index is 0.0294. The van der Waals surface area contributed by atoms with E-state index in [-0.39, 0.29) is 5.91 Å². The van der Waals surface area contributed by atoms with Crippen LogP contribution in [-0.4, -0.2) is 41.1 Å². The van der Waals surface area contributed by atoms with Crippen molar-refractivity contribution in [2.75, 3.05) is 25.0 Å². The van der Waals surface area contributed by atoms with Gasteiger partial charge < -0.3 is 10.4 Å². The Labute approximate surface area is 124 Å². The lowest BCUT2D eigenvalue weighted by Crippen LogP contribution is -2.61. The summed E-state index contributed by atoms with van der Waals surface area (Å²) >= 11 is 5.86. The molecule has 0 atom stereocenters. The van der Waals surface area contributed by atoms with Crippen LogP contribution >= 0.6 is 11.6 Å². The Morgan fingerprint density at radius 2 is 2.25 bits per heavy atom. The first-order valence-electron chi connectivity index (χ1n) is 7.01. The highest BCUT2D eigenvalue weighted by atomic mass is 35.5. The number of amides is 1. The molecule has 0 spiro atoms. The number of halogens is 1. The van der Waals surface area contributed by atoms with E-state index < -0.39 is 5.60 Å². The number of hydrogen-bond acceptors (Lipinski definition) is 3. The molecule has 0 aliphatic carbocycles. The van der Waals surface area contributed by atoms with Gasteiger partial charge in [0.15, 0.2) is 0 Å². The van der Waals surface area contributed by atoms with Gasteiger partial charge >= 0.3 is 0 Å². The van der Waals surface area contributed by atoms with Crippen molar-refractivity contribution >= 4 is 23.2 Å². The van der Waals surface area contributed by atoms with Gasteiger partial charge in [-0.2, -0.15) is 0 Å². The summed E-state index contributed by atoms with van der Waals surface area (Å²) in [7, 11) is 0. The second-order valence-electron chi connectivity index (χ2n) is 5.49. The van der Waals surface area contributed by atoms with E-state index in [0.717, 1.165) is 12.8 Å². The maximum absolute atomic E-state index is 11.8. The van der Waals surface area contributed by atoms with E-state index in [4.69, 9.17) is 11.6 Å². The molecule has 0 radical (unpaired) electrons. The topological polar surface area (TPSA) is 52.6 Å². The fourth-order valence-electron chi connectivity index (χ4n) is 2.62. The zero-order chi connectivity index (χ0) is 14.6. The quantitative estimate of drug-likeness (QED) is 0.848. The molecule has 1 saturated heterocycles. The van der Waals surface area contributed by atoms with Crippen LogP contribution in [0.15, 0.2) is 24.3 Å². The summed E-state index contributed by atoms with van der Waals surface area (Å²) in [6, 6.07) is 7.11. The Hall–Kier alpha value is -1.10. The monoisotopic (exact) mass is 296 g/mol. The third-order valence-corrected chi connectivity index (χ3v) is 3.75. The molecule has 1 aromatic rings. The number of nitrogens with one attached hydrogen (secondary N) is 1. The first-order chi connectivity index (χ1) is 9.50. The van der Waals surface area contributed by atoms with Crippen molar-refractivity contribution in [1.29, 1.82) is 0 Å². The Morgan fingerprint density at radius 1 is 1.50 bits per heavy atom. The lowest BCUT2D eigenvalue weighted by atomic mass is 9.89. The zero-order valence-corrected chi connectivity index (χ0v) is 12.5. The van der Waals surface area contributed by atoms with Crippen LogP contribution in [0.3, 0.4) is 0 Å². The number of hydrogen-bond donors (Lipinski definition) is 2. The molecule has 1 aliphatic rings. The molecule has 0 unspecified atom stereocenters. The molecule has 110 valence electrons. The van der Waals surface area contributed by atoms with Gasteiger partial charge in [0.1, 0.15) is 0 Å². The molecule has 1 aliphatic heterocycles. The van der Waals surface area contributed by atoms with E-state index in [1.165, 1.54) is 0 Å². The molecule has 0 saturated carbocycles. The smallest absolute Gasteiger partial charge is 0.225 e. The Balaban J connectivity index is 1.69. The summed E-state index contributed by atoms with van der Waals surface area (Å²) in [4.78, 5) is 13.9. The van der Waals surface area contributed by atoms with E-state index in [1.807, 2.05) is 6.07 Å². The molecule has 1 aromatic carbocycles. The van der Waals surface area contributed by atoms with E-state index in [9.17, 15) is 9.90 Å². The number of anilines is 1. The summed E-state index contributed by atoms with van der Waals surface area (Å²) in [5, 5.41) is 13.5. The van der Waals surface area contributed by atoms with Gasteiger partial charge in [0, 0.05) is 36.8 Å². The number of nitrogens with zero attached hydrogens (tertiary/aromatic N) is 1. The van der Waals surface area contributed by atoms with Crippen LogP contribution in [0.4, 0.5) is 5.69 Å². The van der Waals surface area contributed by atoms with Crippen molar-refractivity contribution in [3.8, 4) is 0 Å². The molecule has 5 heteroatoms. The lowest BCUT2D eigenvalue weighted by Gasteiger charge is -2.46. The Bertz CT molecular complexity index is 473. The highest BCUT2D eigenvalue weighted by Gasteiger charge is 2.39. The third-order valence-electron chi connectivity index (χ3n) is 3.51. The van der Waals surface area contributed by atoms with Crippen LogP contribution in [-0.2, 0) is 4.79 Å². The van der Waals surface area contributed by atoms with Gasteiger partial charge in [0.05, 0.1) is 5.60 Å². The van der Waals surface area contributed by atoms with Crippen molar-refractivity contribution in [3.05, 3.63) is 29.3 Å². The van der Waals surface area contributed by atoms with E-state index in [2.05, 4.69) is 17.1 Å². The van der Waals surface area contributed by atoms with Crippen molar-refractivity contribution in [1.82, 2.24) is 4.90 Å². The van der Waals surface area contributed by atoms with Gasteiger partial charge in [0.2, 0.25) is 5.91 Å². The van der Waals surface area contributed by atoms with Gasteiger partial charge in [-0.05, 0) is 24.6 Å².